The van der Waals surface area contributed by atoms with Gasteiger partial charge in [-0.25, -0.2) is 14.8 Å². The Balaban J connectivity index is 0.00000245. The largest absolute Gasteiger partial charge is 0.378 e. The van der Waals surface area contributed by atoms with E-state index in [1.807, 2.05) is 48.5 Å². The maximum atomic E-state index is 12.5. The number of amides is 2. The number of aromatic amines is 1. The van der Waals surface area contributed by atoms with Gasteiger partial charge in [0.2, 0.25) is 0 Å². The maximum Gasteiger partial charge on any atom is 0.321 e. The van der Waals surface area contributed by atoms with Crippen molar-refractivity contribution in [2.45, 2.75) is 0 Å². The predicted molar refractivity (Wildman–Crippen MR) is 126 cm³/mol. The molecule has 9 nitrogen and oxygen atoms in total. The van der Waals surface area contributed by atoms with Crippen LogP contribution in [0.1, 0.15) is 0 Å². The van der Waals surface area contributed by atoms with Crippen molar-refractivity contribution < 1.29 is 9.53 Å². The third-order valence-corrected chi connectivity index (χ3v) is 5.04. The van der Waals surface area contributed by atoms with E-state index in [0.29, 0.717) is 43.6 Å². The summed E-state index contributed by atoms with van der Waals surface area (Å²) in [5.74, 6) is 1.24. The molecule has 0 unspecified atom stereocenters. The minimum Gasteiger partial charge on any atom is -0.378 e. The summed E-state index contributed by atoms with van der Waals surface area (Å²) >= 11 is 0. The normalized spacial score (nSPS) is 13.4. The molecule has 2 aromatic heterocycles. The minimum absolute atomic E-state index is 0. The summed E-state index contributed by atoms with van der Waals surface area (Å²) in [6.07, 6.45) is 3.49. The fraction of sp³-hybridized carbons (Fsp3) is 0.182. The quantitative estimate of drug-likeness (QED) is 0.432. The zero-order chi connectivity index (χ0) is 21.0. The van der Waals surface area contributed by atoms with Gasteiger partial charge < -0.3 is 20.3 Å². The number of fused-ring (bicyclic) bond motifs is 1. The first kappa shape index (κ1) is 21.5. The molecule has 0 saturated carbocycles. The maximum absolute atomic E-state index is 12.5. The number of H-pyrrole nitrogens is 1. The number of urea groups is 1. The molecule has 0 radical (unpaired) electrons. The zero-order valence-corrected chi connectivity index (χ0v) is 17.9. The number of anilines is 3. The third kappa shape index (κ3) is 4.79. The second kappa shape index (κ2) is 9.63. The van der Waals surface area contributed by atoms with Crippen LogP contribution in [-0.4, -0.2) is 57.4 Å². The lowest BCUT2D eigenvalue weighted by Crippen LogP contribution is -2.43. The van der Waals surface area contributed by atoms with Gasteiger partial charge in [0.15, 0.2) is 5.82 Å². The Morgan fingerprint density at radius 2 is 1.94 bits per heavy atom. The summed E-state index contributed by atoms with van der Waals surface area (Å²) in [6, 6.07) is 15.1. The second-order valence-corrected chi connectivity index (χ2v) is 7.17. The second-order valence-electron chi connectivity index (χ2n) is 7.17. The van der Waals surface area contributed by atoms with Crippen LogP contribution in [-0.2, 0) is 4.74 Å². The first-order valence-electron chi connectivity index (χ1n) is 10.0. The number of benzene rings is 2. The van der Waals surface area contributed by atoms with Gasteiger partial charge in [0.1, 0.15) is 5.82 Å². The molecule has 0 atom stereocenters. The molecule has 10 heteroatoms. The lowest BCUT2D eigenvalue weighted by molar-refractivity contribution is 0.0564. The van der Waals surface area contributed by atoms with Crippen molar-refractivity contribution in [3.63, 3.8) is 0 Å². The van der Waals surface area contributed by atoms with Gasteiger partial charge in [0.25, 0.3) is 0 Å². The Bertz CT molecular complexity index is 1220. The van der Waals surface area contributed by atoms with Crippen LogP contribution in [0.5, 0.6) is 0 Å². The number of carbonyl (C=O) groups excluding carboxylic acids is 1. The van der Waals surface area contributed by atoms with E-state index in [1.54, 1.807) is 17.3 Å². The molecule has 2 amide bonds. The fourth-order valence-electron chi connectivity index (χ4n) is 3.44. The number of nitrogens with one attached hydrogen (secondary N) is 3. The number of hydrogen-bond acceptors (Lipinski definition) is 6. The van der Waals surface area contributed by atoms with Crippen LogP contribution < -0.4 is 10.6 Å². The topological polar surface area (TPSA) is 108 Å². The summed E-state index contributed by atoms with van der Waals surface area (Å²) in [5, 5.41) is 14.2. The van der Waals surface area contributed by atoms with Crippen LogP contribution in [0.4, 0.5) is 22.0 Å². The molecule has 4 aromatic rings. The first-order valence-corrected chi connectivity index (χ1v) is 10.0. The molecule has 32 heavy (non-hydrogen) atoms. The van der Waals surface area contributed by atoms with Gasteiger partial charge in [0, 0.05) is 41.6 Å². The molecule has 1 aliphatic heterocycles. The fourth-order valence-corrected chi connectivity index (χ4v) is 3.44. The molecule has 1 fully saturated rings. The summed E-state index contributed by atoms with van der Waals surface area (Å²) in [6.45, 7) is 2.31. The minimum atomic E-state index is -0.133. The number of halogens is 1. The van der Waals surface area contributed by atoms with Crippen LogP contribution in [0.2, 0.25) is 0 Å². The number of nitrogens with zero attached hydrogens (tertiary/aromatic N) is 4. The van der Waals surface area contributed by atoms with Crippen molar-refractivity contribution in [3.8, 4) is 11.4 Å². The van der Waals surface area contributed by atoms with Gasteiger partial charge >= 0.3 is 6.03 Å². The SMILES string of the molecule is Cl.O=C(Nc1cccc(-c2nccc(Nc3ccc4[nH]ncc4c3)n2)c1)N1CCOCC1. The van der Waals surface area contributed by atoms with E-state index in [4.69, 9.17) is 4.74 Å². The van der Waals surface area contributed by atoms with Gasteiger partial charge in [-0.05, 0) is 36.4 Å². The van der Waals surface area contributed by atoms with Crippen LogP contribution in [0.25, 0.3) is 22.3 Å². The highest BCUT2D eigenvalue weighted by molar-refractivity contribution is 5.90. The van der Waals surface area contributed by atoms with Crippen molar-refractivity contribution in [3.05, 3.63) is 60.9 Å². The van der Waals surface area contributed by atoms with Crippen molar-refractivity contribution in [2.75, 3.05) is 36.9 Å². The van der Waals surface area contributed by atoms with Crippen LogP contribution >= 0.6 is 12.4 Å². The summed E-state index contributed by atoms with van der Waals surface area (Å²) in [7, 11) is 0. The van der Waals surface area contributed by atoms with Crippen LogP contribution in [0, 0.1) is 0 Å². The molecule has 0 aliphatic carbocycles. The molecular formula is C22H22ClN7O2. The van der Waals surface area contributed by atoms with E-state index in [1.165, 1.54) is 0 Å². The van der Waals surface area contributed by atoms with E-state index in [2.05, 4.69) is 30.8 Å². The molecule has 3 N–H and O–H groups in total. The van der Waals surface area contributed by atoms with Crippen molar-refractivity contribution >= 4 is 46.5 Å². The molecule has 2 aromatic carbocycles. The standard InChI is InChI=1S/C22H21N7O2.ClH/c30-22(29-8-10-31-11-9-29)26-17-3-1-2-15(12-17)21-23-7-6-20(27-21)25-18-4-5-19-16(13-18)14-24-28-19;/h1-7,12-14H,8-11H2,(H,24,28)(H,26,30)(H,23,25,27);1H. The van der Waals surface area contributed by atoms with E-state index in [0.717, 1.165) is 22.2 Å². The first-order chi connectivity index (χ1) is 15.2. The summed E-state index contributed by atoms with van der Waals surface area (Å²) < 4.78 is 5.30. The molecule has 0 spiro atoms. The molecule has 3 heterocycles. The Kier molecular flexibility index (Phi) is 6.48. The lowest BCUT2D eigenvalue weighted by Gasteiger charge is -2.27. The highest BCUT2D eigenvalue weighted by atomic mass is 35.5. The molecule has 0 bridgehead atoms. The van der Waals surface area contributed by atoms with Gasteiger partial charge in [-0.15, -0.1) is 12.4 Å². The Morgan fingerprint density at radius 1 is 1.06 bits per heavy atom. The summed E-state index contributed by atoms with van der Waals surface area (Å²) in [4.78, 5) is 23.2. The van der Waals surface area contributed by atoms with Crippen molar-refractivity contribution in [2.24, 2.45) is 0 Å². The zero-order valence-electron chi connectivity index (χ0n) is 17.1. The smallest absolute Gasteiger partial charge is 0.321 e. The van der Waals surface area contributed by atoms with E-state index < -0.39 is 0 Å². The monoisotopic (exact) mass is 451 g/mol. The molecule has 1 saturated heterocycles. The van der Waals surface area contributed by atoms with E-state index in [-0.39, 0.29) is 18.4 Å². The van der Waals surface area contributed by atoms with Crippen LogP contribution in [0.3, 0.4) is 0 Å². The highest BCUT2D eigenvalue weighted by Gasteiger charge is 2.17. The molecular weight excluding hydrogens is 430 g/mol. The third-order valence-electron chi connectivity index (χ3n) is 5.04. The van der Waals surface area contributed by atoms with E-state index in [9.17, 15) is 4.79 Å². The number of morpholine rings is 1. The number of ether oxygens (including phenoxy) is 1. The van der Waals surface area contributed by atoms with E-state index >= 15 is 0 Å². The molecule has 5 rings (SSSR count). The van der Waals surface area contributed by atoms with Crippen LogP contribution in [0.15, 0.2) is 60.9 Å². The van der Waals surface area contributed by atoms with Gasteiger partial charge in [-0.3, -0.25) is 5.10 Å². The van der Waals surface area contributed by atoms with Crippen molar-refractivity contribution in [1.82, 2.24) is 25.1 Å². The number of carbonyl (C=O) groups is 1. The average molecular weight is 452 g/mol. The Hall–Kier alpha value is -3.69. The highest BCUT2D eigenvalue weighted by Crippen LogP contribution is 2.23. The Labute approximate surface area is 190 Å². The Morgan fingerprint density at radius 3 is 2.81 bits per heavy atom. The average Bonchev–Trinajstić information content (AvgIpc) is 3.28. The molecule has 164 valence electrons. The van der Waals surface area contributed by atoms with Crippen molar-refractivity contribution in [1.29, 1.82) is 0 Å². The predicted octanol–water partition coefficient (Wildman–Crippen LogP) is 4.05. The van der Waals surface area contributed by atoms with Gasteiger partial charge in [-0.1, -0.05) is 12.1 Å². The summed E-state index contributed by atoms with van der Waals surface area (Å²) in [5.41, 5.74) is 3.39. The number of rotatable bonds is 4. The van der Waals surface area contributed by atoms with Gasteiger partial charge in [0.05, 0.1) is 24.9 Å². The lowest BCUT2D eigenvalue weighted by atomic mass is 10.2. The van der Waals surface area contributed by atoms with Gasteiger partial charge in [-0.2, -0.15) is 5.10 Å². The molecule has 1 aliphatic rings. The number of hydrogen-bond donors (Lipinski definition) is 3. The number of aromatic nitrogens is 4.